The Kier molecular flexibility index (Phi) is 4.37. The summed E-state index contributed by atoms with van der Waals surface area (Å²) in [4.78, 5) is 25.0. The highest BCUT2D eigenvalue weighted by Gasteiger charge is 2.12. The van der Waals surface area contributed by atoms with E-state index in [1.807, 2.05) is 0 Å². The van der Waals surface area contributed by atoms with Crippen LogP contribution in [0.3, 0.4) is 0 Å². The highest BCUT2D eigenvalue weighted by atomic mass is 35.5. The number of hydrogen-bond donors (Lipinski definition) is 0. The lowest BCUT2D eigenvalue weighted by Gasteiger charge is -2.01. The van der Waals surface area contributed by atoms with Crippen molar-refractivity contribution in [1.29, 1.82) is 0 Å². The molecule has 0 radical (unpaired) electrons. The molecule has 0 aromatic carbocycles. The summed E-state index contributed by atoms with van der Waals surface area (Å²) in [5, 5.41) is 0.0788. The van der Waals surface area contributed by atoms with Gasteiger partial charge in [0.1, 0.15) is 11.4 Å². The zero-order valence-electron chi connectivity index (χ0n) is 7.87. The minimum Gasteiger partial charge on any atom is -0.303 e. The molecule has 0 aliphatic heterocycles. The molecule has 0 saturated heterocycles. The van der Waals surface area contributed by atoms with Crippen LogP contribution in [0.15, 0.2) is 12.3 Å². The van der Waals surface area contributed by atoms with Crippen LogP contribution in [0, 0.1) is 5.82 Å². The van der Waals surface area contributed by atoms with Crippen LogP contribution in [0.25, 0.3) is 0 Å². The van der Waals surface area contributed by atoms with Crippen LogP contribution >= 0.6 is 11.6 Å². The molecule has 0 spiro atoms. The second kappa shape index (κ2) is 5.56. The number of unbranched alkanes of at least 4 members (excludes halogenated alkanes) is 1. The van der Waals surface area contributed by atoms with E-state index in [1.165, 1.54) is 6.07 Å². The van der Waals surface area contributed by atoms with Crippen LogP contribution in [0.2, 0.25) is 5.15 Å². The Morgan fingerprint density at radius 2 is 2.33 bits per heavy atom. The van der Waals surface area contributed by atoms with Crippen LogP contribution in [-0.2, 0) is 4.79 Å². The lowest BCUT2D eigenvalue weighted by atomic mass is 10.1. The molecule has 0 aliphatic rings. The minimum absolute atomic E-state index is 0.0686. The summed E-state index contributed by atoms with van der Waals surface area (Å²) in [7, 11) is 0. The van der Waals surface area contributed by atoms with E-state index in [-0.39, 0.29) is 22.9 Å². The van der Waals surface area contributed by atoms with Gasteiger partial charge in [0, 0.05) is 12.8 Å². The van der Waals surface area contributed by atoms with Crippen molar-refractivity contribution in [1.82, 2.24) is 4.98 Å². The average Bonchev–Trinajstić information content (AvgIpc) is 2.22. The molecule has 1 rings (SSSR count). The molecule has 0 aliphatic carbocycles. The summed E-state index contributed by atoms with van der Waals surface area (Å²) in [5.74, 6) is -1.05. The lowest BCUT2D eigenvalue weighted by Crippen LogP contribution is -2.03. The second-order valence-electron chi connectivity index (χ2n) is 2.97. The third-order valence-corrected chi connectivity index (χ3v) is 2.05. The molecule has 0 amide bonds. The van der Waals surface area contributed by atoms with E-state index in [0.29, 0.717) is 12.8 Å². The Labute approximate surface area is 91.3 Å². The van der Waals surface area contributed by atoms with Crippen molar-refractivity contribution in [2.24, 2.45) is 0 Å². The monoisotopic (exact) mass is 229 g/mol. The molecule has 1 aromatic rings. The average molecular weight is 230 g/mol. The maximum Gasteiger partial charge on any atom is 0.166 e. The Morgan fingerprint density at radius 3 is 3.00 bits per heavy atom. The van der Waals surface area contributed by atoms with Gasteiger partial charge in [0.25, 0.3) is 0 Å². The number of pyridine rings is 1. The fourth-order valence-corrected chi connectivity index (χ4v) is 1.27. The number of carbonyl (C=O) groups is 2. The Balaban J connectivity index is 2.72. The molecule has 3 nitrogen and oxygen atoms in total. The summed E-state index contributed by atoms with van der Waals surface area (Å²) >= 11 is 5.54. The summed E-state index contributed by atoms with van der Waals surface area (Å²) in [6.45, 7) is 0. The molecule has 0 fully saturated rings. The van der Waals surface area contributed by atoms with Crippen LogP contribution < -0.4 is 0 Å². The highest BCUT2D eigenvalue weighted by Crippen LogP contribution is 2.14. The van der Waals surface area contributed by atoms with Crippen molar-refractivity contribution in [3.05, 3.63) is 28.8 Å². The fourth-order valence-electron chi connectivity index (χ4n) is 1.11. The third-order valence-electron chi connectivity index (χ3n) is 1.85. The quantitative estimate of drug-likeness (QED) is 0.337. The van der Waals surface area contributed by atoms with Crippen molar-refractivity contribution in [2.75, 3.05) is 0 Å². The van der Waals surface area contributed by atoms with Crippen molar-refractivity contribution >= 4 is 23.7 Å². The van der Waals surface area contributed by atoms with Gasteiger partial charge in [-0.25, -0.2) is 9.37 Å². The SMILES string of the molecule is O=CCCCC(=O)c1cc(Cl)ncc1F. The van der Waals surface area contributed by atoms with Crippen LogP contribution in [0.5, 0.6) is 0 Å². The summed E-state index contributed by atoms with van der Waals surface area (Å²) < 4.78 is 13.1. The van der Waals surface area contributed by atoms with Crippen molar-refractivity contribution in [2.45, 2.75) is 19.3 Å². The zero-order valence-corrected chi connectivity index (χ0v) is 8.63. The molecule has 0 atom stereocenters. The molecule has 0 unspecified atom stereocenters. The van der Waals surface area contributed by atoms with Gasteiger partial charge in [-0.05, 0) is 12.5 Å². The molecule has 1 heterocycles. The Bertz CT molecular complexity index is 382. The number of carbonyl (C=O) groups excluding carboxylic acids is 2. The predicted octanol–water partition coefficient (Wildman–Crippen LogP) is 2.43. The largest absolute Gasteiger partial charge is 0.303 e. The van der Waals surface area contributed by atoms with Gasteiger partial charge in [0.2, 0.25) is 0 Å². The van der Waals surface area contributed by atoms with E-state index < -0.39 is 5.82 Å². The molecule has 15 heavy (non-hydrogen) atoms. The number of hydrogen-bond acceptors (Lipinski definition) is 3. The third kappa shape index (κ3) is 3.40. The maximum atomic E-state index is 13.1. The molecular formula is C10H9ClFNO2. The normalized spacial score (nSPS) is 10.0. The van der Waals surface area contributed by atoms with Gasteiger partial charge in [0.05, 0.1) is 11.8 Å². The first-order valence-electron chi connectivity index (χ1n) is 4.43. The first-order chi connectivity index (χ1) is 7.15. The van der Waals surface area contributed by atoms with Gasteiger partial charge in [-0.2, -0.15) is 0 Å². The van der Waals surface area contributed by atoms with E-state index in [9.17, 15) is 14.0 Å². The number of rotatable bonds is 5. The number of ketones is 1. The van der Waals surface area contributed by atoms with E-state index >= 15 is 0 Å². The van der Waals surface area contributed by atoms with Crippen molar-refractivity contribution in [3.8, 4) is 0 Å². The number of aromatic nitrogens is 1. The zero-order chi connectivity index (χ0) is 11.3. The van der Waals surface area contributed by atoms with E-state index in [2.05, 4.69) is 4.98 Å². The first-order valence-corrected chi connectivity index (χ1v) is 4.81. The Morgan fingerprint density at radius 1 is 1.60 bits per heavy atom. The summed E-state index contributed by atoms with van der Waals surface area (Å²) in [5.41, 5.74) is -0.0686. The standard InChI is InChI=1S/C10H9ClFNO2/c11-10-5-7(8(12)6-13-10)9(15)3-1-2-4-14/h4-6H,1-3H2. The number of nitrogens with zero attached hydrogens (tertiary/aromatic N) is 1. The topological polar surface area (TPSA) is 47.0 Å². The molecular weight excluding hydrogens is 221 g/mol. The Hall–Kier alpha value is -1.29. The molecule has 0 bridgehead atoms. The van der Waals surface area contributed by atoms with Crippen LogP contribution in [0.4, 0.5) is 4.39 Å². The number of Topliss-reactive ketones (excluding diaryl/α,β-unsaturated/α-hetero) is 1. The van der Waals surface area contributed by atoms with Gasteiger partial charge in [-0.1, -0.05) is 11.6 Å². The van der Waals surface area contributed by atoms with E-state index in [1.54, 1.807) is 0 Å². The number of halogens is 2. The highest BCUT2D eigenvalue weighted by molar-refractivity contribution is 6.29. The van der Waals surface area contributed by atoms with E-state index in [4.69, 9.17) is 11.6 Å². The first kappa shape index (κ1) is 11.8. The van der Waals surface area contributed by atoms with Crippen LogP contribution in [0.1, 0.15) is 29.6 Å². The molecule has 80 valence electrons. The summed E-state index contributed by atoms with van der Waals surface area (Å²) in [6, 6.07) is 1.19. The number of aldehydes is 1. The van der Waals surface area contributed by atoms with Gasteiger partial charge in [-0.3, -0.25) is 4.79 Å². The lowest BCUT2D eigenvalue weighted by molar-refractivity contribution is -0.107. The smallest absolute Gasteiger partial charge is 0.166 e. The van der Waals surface area contributed by atoms with Gasteiger partial charge >= 0.3 is 0 Å². The molecule has 1 aromatic heterocycles. The predicted molar refractivity (Wildman–Crippen MR) is 53.5 cm³/mol. The van der Waals surface area contributed by atoms with Crippen molar-refractivity contribution < 1.29 is 14.0 Å². The molecule has 0 saturated carbocycles. The molecule has 0 N–H and O–H groups in total. The van der Waals surface area contributed by atoms with Gasteiger partial charge in [-0.15, -0.1) is 0 Å². The van der Waals surface area contributed by atoms with Gasteiger partial charge in [0.15, 0.2) is 11.6 Å². The fraction of sp³-hybridized carbons (Fsp3) is 0.300. The van der Waals surface area contributed by atoms with E-state index in [0.717, 1.165) is 12.5 Å². The minimum atomic E-state index is -0.685. The molecule has 5 heteroatoms. The van der Waals surface area contributed by atoms with Crippen LogP contribution in [-0.4, -0.2) is 17.1 Å². The second-order valence-corrected chi connectivity index (χ2v) is 3.36. The van der Waals surface area contributed by atoms with Gasteiger partial charge < -0.3 is 4.79 Å². The maximum absolute atomic E-state index is 13.1. The van der Waals surface area contributed by atoms with Crippen molar-refractivity contribution in [3.63, 3.8) is 0 Å². The summed E-state index contributed by atoms with van der Waals surface area (Å²) in [6.07, 6.45) is 2.49.